The average Bonchev–Trinajstić information content (AvgIpc) is 2.40. The quantitative estimate of drug-likeness (QED) is 0.592. The van der Waals surface area contributed by atoms with Crippen LogP contribution in [0.1, 0.15) is 5.82 Å². The predicted molar refractivity (Wildman–Crippen MR) is 34.9 cm³/mol. The lowest BCUT2D eigenvalue weighted by Crippen LogP contribution is -2.14. The molecule has 0 saturated carbocycles. The molecule has 2 heterocycles. The fourth-order valence-electron chi connectivity index (χ4n) is 1.28. The predicted octanol–water partition coefficient (Wildman–Crippen LogP) is -0.465. The second-order valence-corrected chi connectivity index (χ2v) is 2.64. The van der Waals surface area contributed by atoms with Crippen molar-refractivity contribution in [3.8, 4) is 0 Å². The van der Waals surface area contributed by atoms with E-state index >= 15 is 0 Å². The fourth-order valence-corrected chi connectivity index (χ4v) is 1.28. The van der Waals surface area contributed by atoms with Crippen LogP contribution in [-0.2, 0) is 17.8 Å². The van der Waals surface area contributed by atoms with Crippen LogP contribution in [0.5, 0.6) is 0 Å². The molecular weight excluding hydrogens is 146 g/mol. The average molecular weight is 153 g/mol. The van der Waals surface area contributed by atoms with Crippen molar-refractivity contribution in [2.45, 2.75) is 13.0 Å². The van der Waals surface area contributed by atoms with Crippen LogP contribution in [0.4, 0.5) is 0 Å². The molecule has 1 aromatic rings. The van der Waals surface area contributed by atoms with E-state index < -0.39 is 5.97 Å². The summed E-state index contributed by atoms with van der Waals surface area (Å²) < 4.78 is 1.78. The molecule has 1 unspecified atom stereocenters. The molecule has 1 aliphatic rings. The third kappa shape index (κ3) is 0.886. The van der Waals surface area contributed by atoms with Gasteiger partial charge in [-0.1, -0.05) is 0 Å². The van der Waals surface area contributed by atoms with Gasteiger partial charge in [-0.15, -0.1) is 10.2 Å². The van der Waals surface area contributed by atoms with Gasteiger partial charge in [-0.05, 0) is 0 Å². The zero-order valence-corrected chi connectivity index (χ0v) is 5.77. The Hall–Kier alpha value is -1.39. The Kier molecular flexibility index (Phi) is 1.18. The van der Waals surface area contributed by atoms with Crippen molar-refractivity contribution in [3.05, 3.63) is 12.2 Å². The molecule has 0 amide bonds. The summed E-state index contributed by atoms with van der Waals surface area (Å²) in [6.07, 6.45) is 2.08. The van der Waals surface area contributed by atoms with E-state index in [1.807, 2.05) is 0 Å². The molecule has 0 radical (unpaired) electrons. The maximum Gasteiger partial charge on any atom is 0.308 e. The van der Waals surface area contributed by atoms with Crippen LogP contribution in [0.25, 0.3) is 0 Å². The lowest BCUT2D eigenvalue weighted by molar-refractivity contribution is -0.141. The first-order valence-electron chi connectivity index (χ1n) is 3.37. The monoisotopic (exact) mass is 153 g/mol. The van der Waals surface area contributed by atoms with E-state index in [4.69, 9.17) is 5.11 Å². The highest BCUT2D eigenvalue weighted by Gasteiger charge is 2.27. The zero-order chi connectivity index (χ0) is 7.84. The minimum atomic E-state index is -0.754. The summed E-state index contributed by atoms with van der Waals surface area (Å²) >= 11 is 0. The van der Waals surface area contributed by atoms with Crippen LogP contribution in [0.3, 0.4) is 0 Å². The van der Waals surface area contributed by atoms with Crippen molar-refractivity contribution in [2.24, 2.45) is 5.92 Å². The topological polar surface area (TPSA) is 68.0 Å². The Balaban J connectivity index is 2.22. The number of hydrogen-bond acceptors (Lipinski definition) is 3. The molecule has 58 valence electrons. The van der Waals surface area contributed by atoms with Gasteiger partial charge < -0.3 is 9.67 Å². The van der Waals surface area contributed by atoms with E-state index in [0.29, 0.717) is 13.0 Å². The summed E-state index contributed by atoms with van der Waals surface area (Å²) in [5.74, 6) is -0.284. The molecule has 0 saturated heterocycles. The first kappa shape index (κ1) is 6.33. The van der Waals surface area contributed by atoms with Crippen molar-refractivity contribution >= 4 is 5.97 Å². The lowest BCUT2D eigenvalue weighted by Gasteiger charge is -1.98. The van der Waals surface area contributed by atoms with Crippen LogP contribution in [0.15, 0.2) is 6.33 Å². The van der Waals surface area contributed by atoms with Crippen LogP contribution in [-0.4, -0.2) is 25.8 Å². The van der Waals surface area contributed by atoms with Crippen molar-refractivity contribution in [1.82, 2.24) is 14.8 Å². The van der Waals surface area contributed by atoms with E-state index in [1.54, 1.807) is 10.9 Å². The smallest absolute Gasteiger partial charge is 0.308 e. The maximum atomic E-state index is 10.5. The number of carboxylic acid groups (broad SMARTS) is 1. The maximum absolute atomic E-state index is 10.5. The van der Waals surface area contributed by atoms with E-state index in [0.717, 1.165) is 5.82 Å². The third-order valence-electron chi connectivity index (χ3n) is 1.89. The minimum Gasteiger partial charge on any atom is -0.481 e. The standard InChI is InChI=1S/C6H7N3O2/c10-6(11)4-1-5-8-7-3-9(5)2-4/h3-4H,1-2H2,(H,10,11). The van der Waals surface area contributed by atoms with Gasteiger partial charge in [0.15, 0.2) is 0 Å². The van der Waals surface area contributed by atoms with Crippen molar-refractivity contribution in [2.75, 3.05) is 0 Å². The van der Waals surface area contributed by atoms with E-state index in [2.05, 4.69) is 10.2 Å². The molecule has 1 aromatic heterocycles. The van der Waals surface area contributed by atoms with Gasteiger partial charge in [-0.3, -0.25) is 4.79 Å². The zero-order valence-electron chi connectivity index (χ0n) is 5.77. The highest BCUT2D eigenvalue weighted by Crippen LogP contribution is 2.17. The highest BCUT2D eigenvalue weighted by molar-refractivity contribution is 5.70. The van der Waals surface area contributed by atoms with Gasteiger partial charge >= 0.3 is 5.97 Å². The number of hydrogen-bond donors (Lipinski definition) is 1. The Morgan fingerprint density at radius 3 is 3.27 bits per heavy atom. The minimum absolute atomic E-state index is 0.305. The van der Waals surface area contributed by atoms with Gasteiger partial charge in [0.05, 0.1) is 5.92 Å². The Labute approximate surface area is 62.7 Å². The molecule has 0 spiro atoms. The van der Waals surface area contributed by atoms with Crippen molar-refractivity contribution in [3.63, 3.8) is 0 Å². The van der Waals surface area contributed by atoms with E-state index in [9.17, 15) is 4.79 Å². The first-order chi connectivity index (χ1) is 5.27. The lowest BCUT2D eigenvalue weighted by atomic mass is 10.1. The third-order valence-corrected chi connectivity index (χ3v) is 1.89. The molecule has 1 aliphatic heterocycles. The number of carboxylic acids is 1. The summed E-state index contributed by atoms with van der Waals surface area (Å²) in [7, 11) is 0. The Morgan fingerprint density at radius 1 is 1.82 bits per heavy atom. The molecule has 0 fully saturated rings. The van der Waals surface area contributed by atoms with E-state index in [1.165, 1.54) is 0 Å². The molecule has 2 rings (SSSR count). The van der Waals surface area contributed by atoms with Crippen LogP contribution >= 0.6 is 0 Å². The summed E-state index contributed by atoms with van der Waals surface area (Å²) in [5, 5.41) is 16.1. The van der Waals surface area contributed by atoms with Gasteiger partial charge in [-0.2, -0.15) is 0 Å². The molecule has 0 aromatic carbocycles. The van der Waals surface area contributed by atoms with Gasteiger partial charge in [0, 0.05) is 13.0 Å². The first-order valence-corrected chi connectivity index (χ1v) is 3.37. The molecule has 5 nitrogen and oxygen atoms in total. The fraction of sp³-hybridized carbons (Fsp3) is 0.500. The summed E-state index contributed by atoms with van der Waals surface area (Å²) in [6.45, 7) is 0.512. The van der Waals surface area contributed by atoms with Crippen LogP contribution < -0.4 is 0 Å². The van der Waals surface area contributed by atoms with Crippen molar-refractivity contribution in [1.29, 1.82) is 0 Å². The number of aliphatic carboxylic acids is 1. The summed E-state index contributed by atoms with van der Waals surface area (Å²) in [4.78, 5) is 10.5. The summed E-state index contributed by atoms with van der Waals surface area (Å²) in [6, 6.07) is 0. The highest BCUT2D eigenvalue weighted by atomic mass is 16.4. The molecular formula is C6H7N3O2. The normalized spacial score (nSPS) is 21.6. The molecule has 1 N–H and O–H groups in total. The molecule has 0 bridgehead atoms. The van der Waals surface area contributed by atoms with Gasteiger partial charge in [0.2, 0.25) is 0 Å². The van der Waals surface area contributed by atoms with Crippen molar-refractivity contribution < 1.29 is 9.90 Å². The Bertz CT molecular complexity index is 273. The molecule has 0 aliphatic carbocycles. The van der Waals surface area contributed by atoms with Gasteiger partial charge in [0.1, 0.15) is 12.2 Å². The number of aromatic nitrogens is 3. The number of nitrogens with zero attached hydrogens (tertiary/aromatic N) is 3. The molecule has 5 heteroatoms. The SMILES string of the molecule is O=C(O)C1Cc2nncn2C1. The largest absolute Gasteiger partial charge is 0.481 e. The number of fused-ring (bicyclic) bond motifs is 1. The Morgan fingerprint density at radius 2 is 2.64 bits per heavy atom. The van der Waals surface area contributed by atoms with Gasteiger partial charge in [0.25, 0.3) is 0 Å². The van der Waals surface area contributed by atoms with Gasteiger partial charge in [-0.25, -0.2) is 0 Å². The number of rotatable bonds is 1. The molecule has 1 atom stereocenters. The van der Waals surface area contributed by atoms with E-state index in [-0.39, 0.29) is 5.92 Å². The molecule has 11 heavy (non-hydrogen) atoms. The van der Waals surface area contributed by atoms with Crippen LogP contribution in [0.2, 0.25) is 0 Å². The second-order valence-electron chi connectivity index (χ2n) is 2.64. The summed E-state index contributed by atoms with van der Waals surface area (Å²) in [5.41, 5.74) is 0. The number of carbonyl (C=O) groups is 1. The second kappa shape index (κ2) is 2.05. The van der Waals surface area contributed by atoms with Crippen LogP contribution in [0, 0.1) is 5.92 Å².